The molecule has 3 amide bonds. The molecule has 6 N–H and O–H groups in total. The number of benzene rings is 1. The number of hydrogen-bond donors (Lipinski definition) is 4. The maximum absolute atomic E-state index is 13.4. The van der Waals surface area contributed by atoms with Crippen molar-refractivity contribution in [2.45, 2.75) is 44.9 Å². The summed E-state index contributed by atoms with van der Waals surface area (Å²) in [5, 5.41) is 17.1. The zero-order valence-electron chi connectivity index (χ0n) is 18.6. The molecule has 4 atom stereocenters. The van der Waals surface area contributed by atoms with Crippen molar-refractivity contribution in [3.63, 3.8) is 0 Å². The molecule has 2 saturated heterocycles. The third-order valence-electron chi connectivity index (χ3n) is 6.46. The SMILES string of the molecule is CCCCN1C(=O)C2C(c3ccc(C(=N)N)cc3)N(CCC(N)=O)C(C)(OC(=O)O)C2C1=O. The van der Waals surface area contributed by atoms with Crippen molar-refractivity contribution in [1.82, 2.24) is 9.80 Å². The molecule has 2 heterocycles. The van der Waals surface area contributed by atoms with Crippen molar-refractivity contribution in [3.8, 4) is 0 Å². The Morgan fingerprint density at radius 3 is 2.30 bits per heavy atom. The Kier molecular flexibility index (Phi) is 6.73. The fourth-order valence-corrected chi connectivity index (χ4v) is 4.96. The predicted octanol–water partition coefficient (Wildman–Crippen LogP) is 1.01. The van der Waals surface area contributed by atoms with Gasteiger partial charge in [0.2, 0.25) is 17.7 Å². The molecule has 4 unspecified atom stereocenters. The van der Waals surface area contributed by atoms with Gasteiger partial charge in [0, 0.05) is 25.1 Å². The van der Waals surface area contributed by atoms with E-state index in [9.17, 15) is 24.3 Å². The molecule has 2 fully saturated rings. The fourth-order valence-electron chi connectivity index (χ4n) is 4.96. The smallest absolute Gasteiger partial charge is 0.450 e. The number of amidine groups is 1. The summed E-state index contributed by atoms with van der Waals surface area (Å²) in [6.45, 7) is 3.62. The summed E-state index contributed by atoms with van der Waals surface area (Å²) in [6.07, 6.45) is -0.325. The van der Waals surface area contributed by atoms with E-state index in [4.69, 9.17) is 21.6 Å². The lowest BCUT2D eigenvalue weighted by Gasteiger charge is -2.39. The lowest BCUT2D eigenvalue weighted by Crippen LogP contribution is -2.53. The first-order valence-electron chi connectivity index (χ1n) is 10.8. The molecule has 11 heteroatoms. The van der Waals surface area contributed by atoms with E-state index in [1.165, 1.54) is 11.8 Å². The van der Waals surface area contributed by atoms with Gasteiger partial charge in [0.15, 0.2) is 5.72 Å². The second-order valence-corrected chi connectivity index (χ2v) is 8.50. The number of carboxylic acid groups (broad SMARTS) is 1. The van der Waals surface area contributed by atoms with Crippen LogP contribution in [0.5, 0.6) is 0 Å². The minimum Gasteiger partial charge on any atom is -0.450 e. The van der Waals surface area contributed by atoms with Crippen LogP contribution in [0.1, 0.15) is 50.3 Å². The molecule has 0 bridgehead atoms. The summed E-state index contributed by atoms with van der Waals surface area (Å²) in [5.74, 6) is -3.63. The van der Waals surface area contributed by atoms with Crippen LogP contribution in [0.2, 0.25) is 0 Å². The Morgan fingerprint density at radius 2 is 1.79 bits per heavy atom. The van der Waals surface area contributed by atoms with Crippen molar-refractivity contribution < 1.29 is 29.0 Å². The number of nitrogens with one attached hydrogen (secondary N) is 1. The maximum atomic E-state index is 13.4. The van der Waals surface area contributed by atoms with Gasteiger partial charge in [-0.15, -0.1) is 0 Å². The van der Waals surface area contributed by atoms with Crippen LogP contribution < -0.4 is 11.5 Å². The van der Waals surface area contributed by atoms with Crippen LogP contribution in [0, 0.1) is 17.2 Å². The first-order valence-corrected chi connectivity index (χ1v) is 10.8. The number of amides is 3. The number of rotatable bonds is 9. The summed E-state index contributed by atoms with van der Waals surface area (Å²) in [5.41, 5.74) is 10.3. The van der Waals surface area contributed by atoms with Gasteiger partial charge in [0.25, 0.3) is 0 Å². The Hall–Kier alpha value is -3.47. The molecule has 0 aliphatic carbocycles. The molecule has 1 aromatic carbocycles. The highest BCUT2D eigenvalue weighted by Gasteiger charge is 2.69. The van der Waals surface area contributed by atoms with E-state index < -0.39 is 47.5 Å². The number of hydrogen-bond acceptors (Lipinski definition) is 7. The zero-order chi connectivity index (χ0) is 24.5. The predicted molar refractivity (Wildman–Crippen MR) is 117 cm³/mol. The van der Waals surface area contributed by atoms with Gasteiger partial charge < -0.3 is 21.3 Å². The van der Waals surface area contributed by atoms with Crippen LogP contribution in [0.25, 0.3) is 0 Å². The Bertz CT molecular complexity index is 980. The number of primary amides is 1. The average molecular weight is 460 g/mol. The number of nitrogens with two attached hydrogens (primary N) is 2. The Balaban J connectivity index is 2.14. The van der Waals surface area contributed by atoms with E-state index in [1.807, 2.05) is 6.92 Å². The van der Waals surface area contributed by atoms with E-state index in [0.717, 1.165) is 6.42 Å². The van der Waals surface area contributed by atoms with Crippen LogP contribution in [0.15, 0.2) is 24.3 Å². The van der Waals surface area contributed by atoms with Gasteiger partial charge in [-0.1, -0.05) is 37.6 Å². The molecule has 2 aliphatic rings. The minimum atomic E-state index is -1.69. The quantitative estimate of drug-likeness (QED) is 0.183. The molecule has 0 aromatic heterocycles. The number of imide groups is 1. The van der Waals surface area contributed by atoms with Gasteiger partial charge in [0.1, 0.15) is 11.8 Å². The minimum absolute atomic E-state index is 0.0131. The number of nitrogens with zero attached hydrogens (tertiary/aromatic N) is 2. The van der Waals surface area contributed by atoms with Gasteiger partial charge in [-0.3, -0.25) is 29.6 Å². The van der Waals surface area contributed by atoms with Crippen LogP contribution >= 0.6 is 0 Å². The third kappa shape index (κ3) is 4.28. The van der Waals surface area contributed by atoms with E-state index in [2.05, 4.69) is 0 Å². The lowest BCUT2D eigenvalue weighted by atomic mass is 9.85. The molecule has 0 radical (unpaired) electrons. The van der Waals surface area contributed by atoms with Crippen LogP contribution in [0.3, 0.4) is 0 Å². The molecule has 178 valence electrons. The summed E-state index contributed by atoms with van der Waals surface area (Å²) in [6, 6.07) is 5.83. The Morgan fingerprint density at radius 1 is 1.15 bits per heavy atom. The monoisotopic (exact) mass is 459 g/mol. The summed E-state index contributed by atoms with van der Waals surface area (Å²) in [4.78, 5) is 52.8. The number of likely N-dealkylation sites (tertiary alicyclic amines) is 2. The van der Waals surface area contributed by atoms with Crippen molar-refractivity contribution in [1.29, 1.82) is 5.41 Å². The van der Waals surface area contributed by atoms with Crippen LogP contribution in [-0.2, 0) is 19.1 Å². The highest BCUT2D eigenvalue weighted by molar-refractivity contribution is 6.06. The molecule has 3 rings (SSSR count). The number of fused-ring (bicyclic) bond motifs is 1. The number of ether oxygens (including phenoxy) is 1. The normalized spacial score (nSPS) is 27.0. The number of carbonyl (C=O) groups excluding carboxylic acids is 3. The van der Waals surface area contributed by atoms with Crippen molar-refractivity contribution in [3.05, 3.63) is 35.4 Å². The molecular formula is C22H29N5O6. The second kappa shape index (κ2) is 9.18. The van der Waals surface area contributed by atoms with Crippen LogP contribution in [-0.4, -0.2) is 63.4 Å². The molecule has 0 spiro atoms. The summed E-state index contributed by atoms with van der Waals surface area (Å²) in [7, 11) is 0. The fraction of sp³-hybridized carbons (Fsp3) is 0.500. The van der Waals surface area contributed by atoms with Crippen molar-refractivity contribution >= 4 is 29.7 Å². The molecule has 2 aliphatic heterocycles. The third-order valence-corrected chi connectivity index (χ3v) is 6.46. The van der Waals surface area contributed by atoms with Crippen molar-refractivity contribution in [2.24, 2.45) is 23.3 Å². The standard InChI is InChI=1S/C22H29N5O6/c1-3-4-10-26-19(29)15-16(20(26)30)22(2,33-21(31)32)27(11-9-14(23)28)17(15)12-5-7-13(8-6-12)18(24)25/h5-8,15-17H,3-4,9-11H2,1-2H3,(H2,23,28)(H3,24,25)(H,31,32). The zero-order valence-corrected chi connectivity index (χ0v) is 18.6. The summed E-state index contributed by atoms with van der Waals surface area (Å²) >= 11 is 0. The van der Waals surface area contributed by atoms with Gasteiger partial charge in [0.05, 0.1) is 12.0 Å². The van der Waals surface area contributed by atoms with Gasteiger partial charge in [-0.25, -0.2) is 4.79 Å². The molecule has 33 heavy (non-hydrogen) atoms. The van der Waals surface area contributed by atoms with Gasteiger partial charge in [-0.2, -0.15) is 0 Å². The van der Waals surface area contributed by atoms with E-state index in [0.29, 0.717) is 17.5 Å². The average Bonchev–Trinajstić information content (AvgIpc) is 3.13. The van der Waals surface area contributed by atoms with Gasteiger partial charge in [-0.05, 0) is 18.9 Å². The van der Waals surface area contributed by atoms with Crippen molar-refractivity contribution in [2.75, 3.05) is 13.1 Å². The topological polar surface area (TPSA) is 180 Å². The first-order chi connectivity index (χ1) is 15.5. The highest BCUT2D eigenvalue weighted by Crippen LogP contribution is 2.55. The number of carbonyl (C=O) groups is 4. The maximum Gasteiger partial charge on any atom is 0.507 e. The molecule has 11 nitrogen and oxygen atoms in total. The van der Waals surface area contributed by atoms with E-state index >= 15 is 0 Å². The molecule has 0 saturated carbocycles. The van der Waals surface area contributed by atoms with Crippen LogP contribution in [0.4, 0.5) is 4.79 Å². The van der Waals surface area contributed by atoms with E-state index in [-0.39, 0.29) is 25.3 Å². The number of unbranched alkanes of at least 4 members (excludes halogenated alkanes) is 1. The van der Waals surface area contributed by atoms with Gasteiger partial charge >= 0.3 is 6.16 Å². The lowest BCUT2D eigenvalue weighted by molar-refractivity contribution is -0.156. The molecular weight excluding hydrogens is 430 g/mol. The largest absolute Gasteiger partial charge is 0.507 e. The number of nitrogen functional groups attached to an aromatic ring is 1. The highest BCUT2D eigenvalue weighted by atomic mass is 16.7. The van der Waals surface area contributed by atoms with E-state index in [1.54, 1.807) is 29.2 Å². The summed E-state index contributed by atoms with van der Waals surface area (Å²) < 4.78 is 5.28. The first kappa shape index (κ1) is 24.2. The Labute approximate surface area is 191 Å². The molecule has 1 aromatic rings. The second-order valence-electron chi connectivity index (χ2n) is 8.50.